The number of carbonyl (C=O) groups excluding carboxylic acids is 1. The maximum atomic E-state index is 10.9. The minimum atomic E-state index is -0.190. The van der Waals surface area contributed by atoms with Crippen LogP contribution in [0.15, 0.2) is 0 Å². The zero-order chi connectivity index (χ0) is 7.56. The summed E-state index contributed by atoms with van der Waals surface area (Å²) in [6.07, 6.45) is 0.916. The Bertz CT molecular complexity index is 140. The number of hydrogen-bond donors (Lipinski definition) is 0. The van der Waals surface area contributed by atoms with Gasteiger partial charge in [-0.2, -0.15) is 0 Å². The summed E-state index contributed by atoms with van der Waals surface area (Å²) in [7, 11) is 1.42. The first-order chi connectivity index (χ1) is 4.74. The summed E-state index contributed by atoms with van der Waals surface area (Å²) in [6.45, 7) is 3.85. The highest BCUT2D eigenvalue weighted by atomic mass is 35.5. The monoisotopic (exact) mass is 179 g/mol. The van der Waals surface area contributed by atoms with Crippen LogP contribution >= 0.6 is 12.4 Å². The average Bonchev–Trinajstić information content (AvgIpc) is 2.34. The molecule has 0 aliphatic carbocycles. The Balaban J connectivity index is 0.000001000. The number of nitrogens with zero attached hydrogens (tertiary/aromatic N) is 1. The molecule has 1 aliphatic heterocycles. The standard InChI is InChI=1S/C7H13NO2.ClH/c1-6-3-4-8(5-6)7(9)10-2;/h6H,3-5H2,1-2H3;1H. The number of amides is 1. The van der Waals surface area contributed by atoms with Crippen LogP contribution in [0.1, 0.15) is 13.3 Å². The molecule has 0 radical (unpaired) electrons. The Morgan fingerprint density at radius 3 is 2.64 bits per heavy atom. The second kappa shape index (κ2) is 4.44. The van der Waals surface area contributed by atoms with Crippen LogP contribution in [-0.4, -0.2) is 31.2 Å². The predicted octanol–water partition coefficient (Wildman–Crippen LogP) is 1.52. The molecule has 1 atom stereocenters. The van der Waals surface area contributed by atoms with Gasteiger partial charge in [-0.1, -0.05) is 6.92 Å². The van der Waals surface area contributed by atoms with Gasteiger partial charge < -0.3 is 9.64 Å². The quantitative estimate of drug-likeness (QED) is 0.564. The van der Waals surface area contributed by atoms with Crippen molar-refractivity contribution >= 4 is 18.5 Å². The average molecular weight is 180 g/mol. The highest BCUT2D eigenvalue weighted by Crippen LogP contribution is 2.15. The van der Waals surface area contributed by atoms with E-state index in [1.54, 1.807) is 4.90 Å². The lowest BCUT2D eigenvalue weighted by atomic mass is 10.2. The van der Waals surface area contributed by atoms with Crippen molar-refractivity contribution in [3.8, 4) is 0 Å². The fourth-order valence-electron chi connectivity index (χ4n) is 1.23. The highest BCUT2D eigenvalue weighted by Gasteiger charge is 2.23. The fraction of sp³-hybridized carbons (Fsp3) is 0.857. The lowest BCUT2D eigenvalue weighted by Crippen LogP contribution is -2.27. The molecular weight excluding hydrogens is 166 g/mol. The van der Waals surface area contributed by atoms with Crippen LogP contribution in [-0.2, 0) is 4.74 Å². The van der Waals surface area contributed by atoms with Crippen molar-refractivity contribution < 1.29 is 9.53 Å². The molecule has 0 bridgehead atoms. The molecule has 1 rings (SSSR count). The normalized spacial score (nSPS) is 22.7. The van der Waals surface area contributed by atoms with Gasteiger partial charge >= 0.3 is 6.09 Å². The molecule has 4 heteroatoms. The number of hydrogen-bond acceptors (Lipinski definition) is 2. The van der Waals surface area contributed by atoms with Crippen LogP contribution in [0.2, 0.25) is 0 Å². The van der Waals surface area contributed by atoms with E-state index < -0.39 is 0 Å². The molecule has 0 spiro atoms. The van der Waals surface area contributed by atoms with E-state index in [-0.39, 0.29) is 18.5 Å². The van der Waals surface area contributed by atoms with Crippen molar-refractivity contribution in [2.75, 3.05) is 20.2 Å². The first kappa shape index (κ1) is 10.6. The van der Waals surface area contributed by atoms with Crippen molar-refractivity contribution in [1.29, 1.82) is 0 Å². The van der Waals surface area contributed by atoms with Gasteiger partial charge in [0.25, 0.3) is 0 Å². The molecule has 1 saturated heterocycles. The fourth-order valence-corrected chi connectivity index (χ4v) is 1.23. The minimum Gasteiger partial charge on any atom is -0.453 e. The number of halogens is 1. The molecule has 1 aliphatic rings. The van der Waals surface area contributed by atoms with Crippen LogP contribution in [0.3, 0.4) is 0 Å². The Morgan fingerprint density at radius 2 is 2.27 bits per heavy atom. The largest absolute Gasteiger partial charge is 0.453 e. The van der Waals surface area contributed by atoms with Gasteiger partial charge in [0.1, 0.15) is 0 Å². The molecule has 1 unspecified atom stereocenters. The maximum absolute atomic E-state index is 10.9. The van der Waals surface area contributed by atoms with Crippen molar-refractivity contribution in [1.82, 2.24) is 4.90 Å². The van der Waals surface area contributed by atoms with Crippen LogP contribution in [0.4, 0.5) is 4.79 Å². The molecule has 0 aromatic heterocycles. The first-order valence-corrected chi connectivity index (χ1v) is 3.57. The zero-order valence-electron chi connectivity index (χ0n) is 6.87. The van der Waals surface area contributed by atoms with E-state index in [9.17, 15) is 4.79 Å². The van der Waals surface area contributed by atoms with Crippen molar-refractivity contribution in [3.05, 3.63) is 0 Å². The third-order valence-corrected chi connectivity index (χ3v) is 1.86. The third kappa shape index (κ3) is 2.58. The van der Waals surface area contributed by atoms with E-state index in [1.807, 2.05) is 0 Å². The van der Waals surface area contributed by atoms with Crippen LogP contribution in [0, 0.1) is 5.92 Å². The van der Waals surface area contributed by atoms with E-state index in [0.717, 1.165) is 19.5 Å². The molecule has 0 saturated carbocycles. The van der Waals surface area contributed by atoms with E-state index in [1.165, 1.54) is 7.11 Å². The predicted molar refractivity (Wildman–Crippen MR) is 45.0 cm³/mol. The minimum absolute atomic E-state index is 0. The Labute approximate surface area is 73.1 Å². The van der Waals surface area contributed by atoms with Gasteiger partial charge in [-0.05, 0) is 12.3 Å². The number of carbonyl (C=O) groups is 1. The van der Waals surface area contributed by atoms with E-state index in [2.05, 4.69) is 11.7 Å². The summed E-state index contributed by atoms with van der Waals surface area (Å²) in [4.78, 5) is 12.6. The number of rotatable bonds is 0. The smallest absolute Gasteiger partial charge is 0.409 e. The molecule has 0 aromatic rings. The Kier molecular flexibility index (Phi) is 4.26. The van der Waals surface area contributed by atoms with Crippen molar-refractivity contribution in [3.63, 3.8) is 0 Å². The van der Waals surface area contributed by atoms with Crippen LogP contribution in [0.25, 0.3) is 0 Å². The number of ether oxygens (including phenoxy) is 1. The summed E-state index contributed by atoms with van der Waals surface area (Å²) < 4.78 is 4.57. The van der Waals surface area contributed by atoms with Gasteiger partial charge in [-0.15, -0.1) is 12.4 Å². The molecule has 3 nitrogen and oxygen atoms in total. The van der Waals surface area contributed by atoms with Gasteiger partial charge in [0.2, 0.25) is 0 Å². The van der Waals surface area contributed by atoms with Gasteiger partial charge in [0.15, 0.2) is 0 Å². The lowest BCUT2D eigenvalue weighted by Gasteiger charge is -2.12. The van der Waals surface area contributed by atoms with E-state index in [4.69, 9.17) is 0 Å². The third-order valence-electron chi connectivity index (χ3n) is 1.86. The summed E-state index contributed by atoms with van der Waals surface area (Å²) >= 11 is 0. The Hall–Kier alpha value is -0.440. The van der Waals surface area contributed by atoms with Gasteiger partial charge in [-0.3, -0.25) is 0 Å². The molecule has 11 heavy (non-hydrogen) atoms. The van der Waals surface area contributed by atoms with E-state index >= 15 is 0 Å². The van der Waals surface area contributed by atoms with Crippen LogP contribution < -0.4 is 0 Å². The first-order valence-electron chi connectivity index (χ1n) is 3.57. The zero-order valence-corrected chi connectivity index (χ0v) is 7.69. The van der Waals surface area contributed by atoms with Crippen molar-refractivity contribution in [2.24, 2.45) is 5.92 Å². The molecule has 1 fully saturated rings. The lowest BCUT2D eigenvalue weighted by molar-refractivity contribution is 0.132. The molecule has 66 valence electrons. The SMILES string of the molecule is COC(=O)N1CCC(C)C1.Cl. The van der Waals surface area contributed by atoms with Crippen molar-refractivity contribution in [2.45, 2.75) is 13.3 Å². The highest BCUT2D eigenvalue weighted by molar-refractivity contribution is 5.85. The summed E-state index contributed by atoms with van der Waals surface area (Å²) in [5.41, 5.74) is 0. The summed E-state index contributed by atoms with van der Waals surface area (Å²) in [6, 6.07) is 0. The van der Waals surface area contributed by atoms with Gasteiger partial charge in [0.05, 0.1) is 7.11 Å². The number of likely N-dealkylation sites (tertiary alicyclic amines) is 1. The maximum Gasteiger partial charge on any atom is 0.409 e. The summed E-state index contributed by atoms with van der Waals surface area (Å²) in [5, 5.41) is 0. The molecule has 1 heterocycles. The Morgan fingerprint density at radius 1 is 1.64 bits per heavy atom. The number of methoxy groups -OCH3 is 1. The second-order valence-corrected chi connectivity index (χ2v) is 2.81. The van der Waals surface area contributed by atoms with Crippen LogP contribution in [0.5, 0.6) is 0 Å². The van der Waals surface area contributed by atoms with Gasteiger partial charge in [-0.25, -0.2) is 4.79 Å². The summed E-state index contributed by atoms with van der Waals surface area (Å²) in [5.74, 6) is 0.638. The molecule has 1 amide bonds. The molecule has 0 N–H and O–H groups in total. The van der Waals surface area contributed by atoms with E-state index in [0.29, 0.717) is 5.92 Å². The second-order valence-electron chi connectivity index (χ2n) is 2.81. The van der Waals surface area contributed by atoms with Gasteiger partial charge in [0, 0.05) is 13.1 Å². The topological polar surface area (TPSA) is 29.5 Å². The molecule has 0 aromatic carbocycles. The molecular formula is C7H14ClNO2.